The standard InChI is InChI=1S/C46H76N2O7/c1-3-5-7-9-11-13-14-15-16-17-18-19-20-21-22-23-25-30-34-38-45(52)55-41(35-31-27-24-12-10-8-6-4-2)36-32-28-26-29-33-37-43(50)47-39-44(51)48-42(40-49)46(53)54/h5,7,11,13,15-16,18-19,21-22,25,30,41-42,49H,3-4,6,8-10,12,14,17,20,23-24,26-29,31-40H2,1-2H3,(H,47,50)(H,48,51)(H,53,54)/b7-5-,13-11-,16-15-,19-18-,22-21-,30-25-. The van der Waals surface area contributed by atoms with Crippen molar-refractivity contribution in [3.63, 3.8) is 0 Å². The van der Waals surface area contributed by atoms with Gasteiger partial charge in [0.15, 0.2) is 0 Å². The summed E-state index contributed by atoms with van der Waals surface area (Å²) >= 11 is 0. The predicted molar refractivity (Wildman–Crippen MR) is 227 cm³/mol. The maximum Gasteiger partial charge on any atom is 0.328 e. The molecule has 0 spiro atoms. The van der Waals surface area contributed by atoms with E-state index < -0.39 is 24.5 Å². The summed E-state index contributed by atoms with van der Waals surface area (Å²) in [4.78, 5) is 47.4. The summed E-state index contributed by atoms with van der Waals surface area (Å²) < 4.78 is 5.96. The number of rotatable bonds is 37. The Morgan fingerprint density at radius 2 is 1.02 bits per heavy atom. The first-order chi connectivity index (χ1) is 26.8. The molecule has 0 rings (SSSR count). The number of allylic oxidation sites excluding steroid dienone is 12. The third kappa shape index (κ3) is 37.0. The molecule has 0 bridgehead atoms. The molecule has 2 atom stereocenters. The number of hydrogen-bond acceptors (Lipinski definition) is 6. The van der Waals surface area contributed by atoms with Crippen LogP contribution in [0, 0.1) is 0 Å². The van der Waals surface area contributed by atoms with Crippen LogP contribution in [0.25, 0.3) is 0 Å². The van der Waals surface area contributed by atoms with Gasteiger partial charge in [-0.1, -0.05) is 151 Å². The highest BCUT2D eigenvalue weighted by Gasteiger charge is 2.19. The fourth-order valence-corrected chi connectivity index (χ4v) is 5.74. The third-order valence-corrected chi connectivity index (χ3v) is 8.98. The Hall–Kier alpha value is -3.72. The zero-order chi connectivity index (χ0) is 40.5. The minimum atomic E-state index is -1.39. The van der Waals surface area contributed by atoms with Gasteiger partial charge >= 0.3 is 11.9 Å². The van der Waals surface area contributed by atoms with Crippen molar-refractivity contribution in [1.82, 2.24) is 10.6 Å². The number of ether oxygens (including phenoxy) is 1. The molecule has 0 aliphatic rings. The number of carbonyl (C=O) groups is 4. The second-order valence-corrected chi connectivity index (χ2v) is 14.1. The molecule has 55 heavy (non-hydrogen) atoms. The zero-order valence-corrected chi connectivity index (χ0v) is 34.4. The van der Waals surface area contributed by atoms with E-state index in [2.05, 4.69) is 97.4 Å². The predicted octanol–water partition coefficient (Wildman–Crippen LogP) is 10.3. The first kappa shape index (κ1) is 51.3. The van der Waals surface area contributed by atoms with Gasteiger partial charge < -0.3 is 25.6 Å². The summed E-state index contributed by atoms with van der Waals surface area (Å²) in [5, 5.41) is 22.5. The maximum absolute atomic E-state index is 12.7. The van der Waals surface area contributed by atoms with Crippen LogP contribution in [0.2, 0.25) is 0 Å². The van der Waals surface area contributed by atoms with Gasteiger partial charge in [-0.15, -0.1) is 0 Å². The fraction of sp³-hybridized carbons (Fsp3) is 0.652. The Bertz CT molecular complexity index is 1150. The molecule has 0 radical (unpaired) electrons. The number of aliphatic carboxylic acids is 1. The number of aliphatic hydroxyl groups is 1. The van der Waals surface area contributed by atoms with Gasteiger partial charge in [-0.2, -0.15) is 0 Å². The molecule has 2 amide bonds. The van der Waals surface area contributed by atoms with Crippen molar-refractivity contribution in [2.24, 2.45) is 0 Å². The number of aliphatic hydroxyl groups excluding tert-OH is 1. The molecule has 0 aromatic rings. The number of carboxylic acid groups (broad SMARTS) is 1. The molecule has 9 nitrogen and oxygen atoms in total. The summed E-state index contributed by atoms with van der Waals surface area (Å²) in [5.74, 6) is -2.39. The second kappa shape index (κ2) is 40.0. The first-order valence-electron chi connectivity index (χ1n) is 21.3. The average Bonchev–Trinajstić information content (AvgIpc) is 3.17. The van der Waals surface area contributed by atoms with E-state index in [-0.39, 0.29) is 30.9 Å². The van der Waals surface area contributed by atoms with Crippen molar-refractivity contribution in [3.8, 4) is 0 Å². The van der Waals surface area contributed by atoms with Crippen LogP contribution < -0.4 is 10.6 Å². The summed E-state index contributed by atoms with van der Waals surface area (Å²) in [5.41, 5.74) is 0. The number of hydrogen-bond donors (Lipinski definition) is 4. The Morgan fingerprint density at radius 3 is 1.49 bits per heavy atom. The molecule has 9 heteroatoms. The lowest BCUT2D eigenvalue weighted by atomic mass is 10.0. The van der Waals surface area contributed by atoms with Gasteiger partial charge in [0.2, 0.25) is 11.8 Å². The fourth-order valence-electron chi connectivity index (χ4n) is 5.74. The minimum absolute atomic E-state index is 0.0543. The van der Waals surface area contributed by atoms with Crippen LogP contribution in [0.1, 0.15) is 168 Å². The summed E-state index contributed by atoms with van der Waals surface area (Å²) in [6, 6.07) is -1.39. The Labute approximate surface area is 333 Å². The second-order valence-electron chi connectivity index (χ2n) is 14.1. The molecule has 2 unspecified atom stereocenters. The van der Waals surface area contributed by atoms with Gasteiger partial charge in [-0.3, -0.25) is 14.4 Å². The highest BCUT2D eigenvalue weighted by atomic mass is 16.5. The summed E-state index contributed by atoms with van der Waals surface area (Å²) in [6.07, 6.45) is 49.4. The van der Waals surface area contributed by atoms with Gasteiger partial charge in [0.25, 0.3) is 0 Å². The lowest BCUT2D eigenvalue weighted by Gasteiger charge is -2.18. The molecular weight excluding hydrogens is 693 g/mol. The van der Waals surface area contributed by atoms with Crippen LogP contribution in [0.4, 0.5) is 0 Å². The number of carbonyl (C=O) groups excluding carboxylic acids is 3. The SMILES string of the molecule is CC/C=C\C/C=C\C/C=C\C/C=C\C/C=C\C/C=C\CCC(=O)OC(CCCCCCCCCC)CCCCCCCC(=O)NCC(=O)NC(CO)C(=O)O. The molecule has 0 aliphatic heterocycles. The maximum atomic E-state index is 12.7. The van der Waals surface area contributed by atoms with Gasteiger partial charge in [-0.25, -0.2) is 4.79 Å². The molecule has 0 aliphatic carbocycles. The summed E-state index contributed by atoms with van der Waals surface area (Å²) in [7, 11) is 0. The van der Waals surface area contributed by atoms with E-state index in [4.69, 9.17) is 14.9 Å². The minimum Gasteiger partial charge on any atom is -0.480 e. The normalized spacial score (nSPS) is 13.2. The molecule has 4 N–H and O–H groups in total. The van der Waals surface area contributed by atoms with Crippen molar-refractivity contribution in [2.75, 3.05) is 13.2 Å². The lowest BCUT2D eigenvalue weighted by molar-refractivity contribution is -0.149. The Morgan fingerprint density at radius 1 is 0.564 bits per heavy atom. The highest BCUT2D eigenvalue weighted by molar-refractivity contribution is 5.87. The molecule has 0 aromatic heterocycles. The monoisotopic (exact) mass is 769 g/mol. The van der Waals surface area contributed by atoms with E-state index in [1.807, 2.05) is 0 Å². The van der Waals surface area contributed by atoms with Crippen LogP contribution >= 0.6 is 0 Å². The van der Waals surface area contributed by atoms with Crippen LogP contribution in [0.3, 0.4) is 0 Å². The third-order valence-electron chi connectivity index (χ3n) is 8.98. The van der Waals surface area contributed by atoms with E-state index in [0.717, 1.165) is 83.5 Å². The largest absolute Gasteiger partial charge is 0.480 e. The van der Waals surface area contributed by atoms with E-state index in [9.17, 15) is 19.2 Å². The van der Waals surface area contributed by atoms with Gasteiger partial charge in [-0.05, 0) is 77.0 Å². The average molecular weight is 769 g/mol. The number of amides is 2. The van der Waals surface area contributed by atoms with Crippen molar-refractivity contribution in [3.05, 3.63) is 72.9 Å². The molecular formula is C46H76N2O7. The van der Waals surface area contributed by atoms with Gasteiger partial charge in [0.05, 0.1) is 13.2 Å². The number of carboxylic acids is 1. The van der Waals surface area contributed by atoms with Gasteiger partial charge in [0, 0.05) is 12.8 Å². The van der Waals surface area contributed by atoms with Crippen molar-refractivity contribution in [2.45, 2.75) is 180 Å². The molecule has 0 saturated heterocycles. The Balaban J connectivity index is 4.35. The number of esters is 1. The molecule has 0 heterocycles. The quantitative estimate of drug-likeness (QED) is 0.0280. The number of unbranched alkanes of at least 4 members (excludes halogenated alkanes) is 11. The van der Waals surface area contributed by atoms with Crippen LogP contribution in [0.15, 0.2) is 72.9 Å². The van der Waals surface area contributed by atoms with Crippen molar-refractivity contribution >= 4 is 23.8 Å². The Kier molecular flexibility index (Phi) is 37.3. The number of nitrogens with one attached hydrogen (secondary N) is 2. The van der Waals surface area contributed by atoms with Crippen LogP contribution in [-0.4, -0.2) is 59.3 Å². The van der Waals surface area contributed by atoms with E-state index >= 15 is 0 Å². The van der Waals surface area contributed by atoms with Crippen molar-refractivity contribution in [1.29, 1.82) is 0 Å². The van der Waals surface area contributed by atoms with E-state index in [0.29, 0.717) is 19.3 Å². The van der Waals surface area contributed by atoms with Gasteiger partial charge in [0.1, 0.15) is 12.1 Å². The van der Waals surface area contributed by atoms with E-state index in [1.165, 1.54) is 44.9 Å². The first-order valence-corrected chi connectivity index (χ1v) is 21.3. The van der Waals surface area contributed by atoms with Crippen LogP contribution in [0.5, 0.6) is 0 Å². The molecule has 0 fully saturated rings. The summed E-state index contributed by atoms with van der Waals surface area (Å²) in [6.45, 7) is 3.33. The lowest BCUT2D eigenvalue weighted by Crippen LogP contribution is -2.47. The smallest absolute Gasteiger partial charge is 0.328 e. The molecule has 0 aromatic carbocycles. The van der Waals surface area contributed by atoms with Crippen molar-refractivity contribution < 1.29 is 34.1 Å². The molecule has 0 saturated carbocycles. The highest BCUT2D eigenvalue weighted by Crippen LogP contribution is 2.18. The molecule has 312 valence electrons. The zero-order valence-electron chi connectivity index (χ0n) is 34.4. The van der Waals surface area contributed by atoms with Crippen LogP contribution in [-0.2, 0) is 23.9 Å². The van der Waals surface area contributed by atoms with E-state index in [1.54, 1.807) is 0 Å². The topological polar surface area (TPSA) is 142 Å².